The zero-order valence-electron chi connectivity index (χ0n) is 11.8. The fraction of sp³-hybridized carbons (Fsp3) is 0. The number of aromatic nitrogens is 1. The van der Waals surface area contributed by atoms with Crippen LogP contribution in [-0.4, -0.2) is 11.1 Å². The van der Waals surface area contributed by atoms with E-state index < -0.39 is 29.2 Å². The van der Waals surface area contributed by atoms with Crippen LogP contribution in [0.1, 0.15) is 10.4 Å². The quantitative estimate of drug-likeness (QED) is 0.731. The van der Waals surface area contributed by atoms with Gasteiger partial charge in [0.25, 0.3) is 5.91 Å². The number of carbonyl (C=O) groups excluding carboxylic acids is 1. The van der Waals surface area contributed by atoms with E-state index in [0.717, 1.165) is 30.5 Å². The van der Waals surface area contributed by atoms with Crippen LogP contribution in [0.2, 0.25) is 0 Å². The first-order valence-electron chi connectivity index (χ1n) is 6.62. The third-order valence-electron chi connectivity index (χ3n) is 3.17. The molecule has 24 heavy (non-hydrogen) atoms. The Morgan fingerprint density at radius 3 is 2.25 bits per heavy atom. The second-order valence-electron chi connectivity index (χ2n) is 4.78. The van der Waals surface area contributed by atoms with Crippen LogP contribution < -0.4 is 5.32 Å². The number of hydrogen-bond donors (Lipinski definition) is 1. The molecule has 122 valence electrons. The highest BCUT2D eigenvalue weighted by atomic mass is 19.2. The SMILES string of the molecule is O=C(Nc1ccc(F)c(F)c1)c1cnoc1-c1ccc(F)c(F)c1. The van der Waals surface area contributed by atoms with E-state index in [-0.39, 0.29) is 22.6 Å². The number of benzene rings is 2. The molecule has 0 saturated heterocycles. The van der Waals surface area contributed by atoms with Gasteiger partial charge in [-0.05, 0) is 30.3 Å². The molecule has 0 spiro atoms. The van der Waals surface area contributed by atoms with Gasteiger partial charge in [-0.2, -0.15) is 0 Å². The molecule has 0 unspecified atom stereocenters. The monoisotopic (exact) mass is 336 g/mol. The van der Waals surface area contributed by atoms with Crippen molar-refractivity contribution in [1.29, 1.82) is 0 Å². The number of halogens is 4. The Labute approximate surface area is 132 Å². The average molecular weight is 336 g/mol. The summed E-state index contributed by atoms with van der Waals surface area (Å²) in [4.78, 5) is 12.2. The molecule has 0 aliphatic carbocycles. The predicted octanol–water partition coefficient (Wildman–Crippen LogP) is 4.15. The number of amides is 1. The summed E-state index contributed by atoms with van der Waals surface area (Å²) in [5.41, 5.74) is 0.0314. The Kier molecular flexibility index (Phi) is 4.03. The smallest absolute Gasteiger partial charge is 0.261 e. The lowest BCUT2D eigenvalue weighted by molar-refractivity contribution is 0.102. The molecule has 1 aromatic heterocycles. The van der Waals surface area contributed by atoms with Gasteiger partial charge in [-0.15, -0.1) is 0 Å². The number of rotatable bonds is 3. The van der Waals surface area contributed by atoms with Gasteiger partial charge in [-0.3, -0.25) is 4.79 Å². The van der Waals surface area contributed by atoms with Crippen LogP contribution in [0.5, 0.6) is 0 Å². The molecule has 3 rings (SSSR count). The van der Waals surface area contributed by atoms with Crippen molar-refractivity contribution in [3.63, 3.8) is 0 Å². The van der Waals surface area contributed by atoms with Crippen molar-refractivity contribution in [3.8, 4) is 11.3 Å². The molecule has 0 fully saturated rings. The lowest BCUT2D eigenvalue weighted by atomic mass is 10.1. The van der Waals surface area contributed by atoms with Gasteiger partial charge in [0.15, 0.2) is 29.0 Å². The van der Waals surface area contributed by atoms with E-state index in [4.69, 9.17) is 4.52 Å². The van der Waals surface area contributed by atoms with Crippen LogP contribution in [0, 0.1) is 23.3 Å². The maximum atomic E-state index is 13.3. The number of carbonyl (C=O) groups is 1. The van der Waals surface area contributed by atoms with Gasteiger partial charge >= 0.3 is 0 Å². The van der Waals surface area contributed by atoms with E-state index in [1.807, 2.05) is 0 Å². The van der Waals surface area contributed by atoms with Crippen molar-refractivity contribution < 1.29 is 26.9 Å². The predicted molar refractivity (Wildman–Crippen MR) is 76.2 cm³/mol. The second kappa shape index (κ2) is 6.15. The minimum absolute atomic E-state index is 0.0105. The Balaban J connectivity index is 1.90. The lowest BCUT2D eigenvalue weighted by Crippen LogP contribution is -2.12. The minimum atomic E-state index is -1.13. The fourth-order valence-corrected chi connectivity index (χ4v) is 2.02. The first-order chi connectivity index (χ1) is 11.5. The van der Waals surface area contributed by atoms with Crippen LogP contribution in [0.25, 0.3) is 11.3 Å². The van der Waals surface area contributed by atoms with Crippen molar-refractivity contribution >= 4 is 11.6 Å². The molecule has 4 nitrogen and oxygen atoms in total. The van der Waals surface area contributed by atoms with E-state index in [1.54, 1.807) is 0 Å². The molecule has 0 bridgehead atoms. The first-order valence-corrected chi connectivity index (χ1v) is 6.62. The molecule has 0 saturated carbocycles. The summed E-state index contributed by atoms with van der Waals surface area (Å²) in [6.07, 6.45) is 1.08. The fourth-order valence-electron chi connectivity index (χ4n) is 2.02. The third-order valence-corrected chi connectivity index (χ3v) is 3.17. The summed E-state index contributed by atoms with van der Waals surface area (Å²) in [6.45, 7) is 0. The van der Waals surface area contributed by atoms with Crippen molar-refractivity contribution in [3.05, 3.63) is 71.4 Å². The lowest BCUT2D eigenvalue weighted by Gasteiger charge is -2.05. The van der Waals surface area contributed by atoms with Crippen LogP contribution >= 0.6 is 0 Å². The van der Waals surface area contributed by atoms with Gasteiger partial charge in [0.05, 0.1) is 6.20 Å². The number of nitrogens with one attached hydrogen (secondary N) is 1. The number of hydrogen-bond acceptors (Lipinski definition) is 3. The molecule has 0 aliphatic heterocycles. The molecular weight excluding hydrogens is 328 g/mol. The average Bonchev–Trinajstić information content (AvgIpc) is 3.03. The summed E-state index contributed by atoms with van der Waals surface area (Å²) in [7, 11) is 0. The van der Waals surface area contributed by atoms with Gasteiger partial charge < -0.3 is 9.84 Å². The highest BCUT2D eigenvalue weighted by Crippen LogP contribution is 2.26. The van der Waals surface area contributed by atoms with Crippen LogP contribution in [0.3, 0.4) is 0 Å². The zero-order chi connectivity index (χ0) is 17.3. The second-order valence-corrected chi connectivity index (χ2v) is 4.78. The van der Waals surface area contributed by atoms with Gasteiger partial charge in [-0.1, -0.05) is 5.16 Å². The maximum absolute atomic E-state index is 13.3. The molecule has 0 aliphatic rings. The first kappa shape index (κ1) is 15.7. The van der Waals surface area contributed by atoms with Crippen molar-refractivity contribution in [2.24, 2.45) is 0 Å². The molecule has 1 N–H and O–H groups in total. The van der Waals surface area contributed by atoms with Gasteiger partial charge in [-0.25, -0.2) is 17.6 Å². The van der Waals surface area contributed by atoms with Crippen LogP contribution in [0.15, 0.2) is 47.1 Å². The van der Waals surface area contributed by atoms with Crippen molar-refractivity contribution in [2.45, 2.75) is 0 Å². The summed E-state index contributed by atoms with van der Waals surface area (Å²) >= 11 is 0. The molecule has 0 radical (unpaired) electrons. The Morgan fingerprint density at radius 1 is 0.917 bits per heavy atom. The molecule has 8 heteroatoms. The Bertz CT molecular complexity index is 924. The molecule has 0 atom stereocenters. The summed E-state index contributed by atoms with van der Waals surface area (Å²) in [5, 5.41) is 5.79. The van der Waals surface area contributed by atoms with Crippen molar-refractivity contribution in [1.82, 2.24) is 5.16 Å². The van der Waals surface area contributed by atoms with E-state index in [9.17, 15) is 22.4 Å². The molecule has 3 aromatic rings. The summed E-state index contributed by atoms with van der Waals surface area (Å²) in [5.74, 6) is -5.17. The third kappa shape index (κ3) is 2.98. The van der Waals surface area contributed by atoms with Crippen LogP contribution in [-0.2, 0) is 0 Å². The highest BCUT2D eigenvalue weighted by Gasteiger charge is 2.19. The molecule has 2 aromatic carbocycles. The minimum Gasteiger partial charge on any atom is -0.355 e. The Morgan fingerprint density at radius 2 is 1.58 bits per heavy atom. The summed E-state index contributed by atoms with van der Waals surface area (Å²) < 4.78 is 57.3. The van der Waals surface area contributed by atoms with E-state index >= 15 is 0 Å². The van der Waals surface area contributed by atoms with Gasteiger partial charge in [0, 0.05) is 17.3 Å². The number of anilines is 1. The van der Waals surface area contributed by atoms with Crippen LogP contribution in [0.4, 0.5) is 23.2 Å². The van der Waals surface area contributed by atoms with E-state index in [1.165, 1.54) is 12.1 Å². The maximum Gasteiger partial charge on any atom is 0.261 e. The zero-order valence-corrected chi connectivity index (χ0v) is 11.8. The van der Waals surface area contributed by atoms with Gasteiger partial charge in [0.2, 0.25) is 0 Å². The molecule has 1 amide bonds. The highest BCUT2D eigenvalue weighted by molar-refractivity contribution is 6.07. The van der Waals surface area contributed by atoms with Crippen molar-refractivity contribution in [2.75, 3.05) is 5.32 Å². The topological polar surface area (TPSA) is 55.1 Å². The Hall–Kier alpha value is -3.16. The molecule has 1 heterocycles. The summed E-state index contributed by atoms with van der Waals surface area (Å²) in [6, 6.07) is 5.77. The normalized spacial score (nSPS) is 10.7. The molecular formula is C16H8F4N2O2. The largest absolute Gasteiger partial charge is 0.355 e. The standard InChI is InChI=1S/C16H8F4N2O2/c17-11-3-1-8(5-13(11)19)15-10(7-21-24-15)16(23)22-9-2-4-12(18)14(20)6-9/h1-7H,(H,22,23). The number of nitrogens with zero attached hydrogens (tertiary/aromatic N) is 1. The van der Waals surface area contributed by atoms with Gasteiger partial charge in [0.1, 0.15) is 5.56 Å². The van der Waals surface area contributed by atoms with E-state index in [2.05, 4.69) is 10.5 Å². The van der Waals surface area contributed by atoms with E-state index in [0.29, 0.717) is 0 Å².